The molecule has 3 rings (SSSR count). The second-order valence-corrected chi connectivity index (χ2v) is 5.14. The van der Waals surface area contributed by atoms with Crippen LogP contribution in [0.2, 0.25) is 0 Å². The molecule has 0 aliphatic rings. The van der Waals surface area contributed by atoms with Crippen LogP contribution in [0.4, 0.5) is 11.4 Å². The molecule has 5 heteroatoms. The largest absolute Gasteiger partial charge is 0.508 e. The van der Waals surface area contributed by atoms with Crippen molar-refractivity contribution in [3.05, 3.63) is 53.7 Å². The molecule has 0 spiro atoms. The molecule has 3 aromatic rings. The van der Waals surface area contributed by atoms with Crippen LogP contribution < -0.4 is 10.1 Å². The first-order chi connectivity index (χ1) is 11.1. The number of benzene rings is 2. The number of methoxy groups -OCH3 is 1. The average molecular weight is 305 g/mol. The highest BCUT2D eigenvalue weighted by atomic mass is 16.5. The fraction of sp³-hybridized carbons (Fsp3) is 0.111. The summed E-state index contributed by atoms with van der Waals surface area (Å²) in [5, 5.41) is 23.2. The second kappa shape index (κ2) is 5.85. The van der Waals surface area contributed by atoms with E-state index in [2.05, 4.69) is 16.4 Å². The number of para-hydroxylation sites is 1. The SMILES string of the molecule is COc1cccc2c(Nc3ccc(C)c(O)c3)c(C#N)cnc12. The Labute approximate surface area is 133 Å². The predicted octanol–water partition coefficient (Wildman–Crippen LogP) is 3.87. The lowest BCUT2D eigenvalue weighted by atomic mass is 10.1. The summed E-state index contributed by atoms with van der Waals surface area (Å²) < 4.78 is 5.33. The van der Waals surface area contributed by atoms with Crippen LogP contribution in [0.3, 0.4) is 0 Å². The molecule has 114 valence electrons. The molecule has 0 atom stereocenters. The van der Waals surface area contributed by atoms with Crippen LogP contribution >= 0.6 is 0 Å². The Kier molecular flexibility index (Phi) is 3.73. The molecule has 0 amide bonds. The molecule has 1 heterocycles. The monoisotopic (exact) mass is 305 g/mol. The van der Waals surface area contributed by atoms with Gasteiger partial charge in [-0.1, -0.05) is 18.2 Å². The fourth-order valence-electron chi connectivity index (χ4n) is 2.41. The molecular weight excluding hydrogens is 290 g/mol. The Hall–Kier alpha value is -3.26. The highest BCUT2D eigenvalue weighted by molar-refractivity contribution is 5.98. The number of aryl methyl sites for hydroxylation is 1. The van der Waals surface area contributed by atoms with E-state index < -0.39 is 0 Å². The van der Waals surface area contributed by atoms with Crippen molar-refractivity contribution in [2.24, 2.45) is 0 Å². The van der Waals surface area contributed by atoms with Crippen LogP contribution in [-0.2, 0) is 0 Å². The summed E-state index contributed by atoms with van der Waals surface area (Å²) in [5.41, 5.74) is 3.22. The van der Waals surface area contributed by atoms with Crippen LogP contribution in [0.25, 0.3) is 10.9 Å². The molecule has 0 saturated carbocycles. The van der Waals surface area contributed by atoms with Gasteiger partial charge >= 0.3 is 0 Å². The summed E-state index contributed by atoms with van der Waals surface area (Å²) in [6, 6.07) is 13.0. The van der Waals surface area contributed by atoms with Crippen molar-refractivity contribution in [2.75, 3.05) is 12.4 Å². The predicted molar refractivity (Wildman–Crippen MR) is 89.1 cm³/mol. The molecule has 1 aromatic heterocycles. The van der Waals surface area contributed by atoms with Crippen molar-refractivity contribution in [1.82, 2.24) is 4.98 Å². The second-order valence-electron chi connectivity index (χ2n) is 5.14. The van der Waals surface area contributed by atoms with Crippen molar-refractivity contribution < 1.29 is 9.84 Å². The van der Waals surface area contributed by atoms with Gasteiger partial charge in [0.1, 0.15) is 23.1 Å². The third-order valence-electron chi connectivity index (χ3n) is 3.68. The van der Waals surface area contributed by atoms with Gasteiger partial charge in [-0.2, -0.15) is 5.26 Å². The van der Waals surface area contributed by atoms with Gasteiger partial charge in [-0.15, -0.1) is 0 Å². The highest BCUT2D eigenvalue weighted by Crippen LogP contribution is 2.34. The van der Waals surface area contributed by atoms with Gasteiger partial charge < -0.3 is 15.2 Å². The first kappa shape index (κ1) is 14.7. The van der Waals surface area contributed by atoms with Crippen LogP contribution in [0, 0.1) is 18.3 Å². The number of aromatic nitrogens is 1. The molecular formula is C18H15N3O2. The lowest BCUT2D eigenvalue weighted by molar-refractivity contribution is 0.419. The lowest BCUT2D eigenvalue weighted by Gasteiger charge is -2.13. The normalized spacial score (nSPS) is 10.3. The Bertz CT molecular complexity index is 929. The molecule has 0 saturated heterocycles. The van der Waals surface area contributed by atoms with Crippen molar-refractivity contribution in [3.8, 4) is 17.6 Å². The molecule has 5 nitrogen and oxygen atoms in total. The summed E-state index contributed by atoms with van der Waals surface area (Å²) in [6.45, 7) is 1.83. The number of hydrogen-bond acceptors (Lipinski definition) is 5. The number of aromatic hydroxyl groups is 1. The average Bonchev–Trinajstić information content (AvgIpc) is 2.57. The third-order valence-corrected chi connectivity index (χ3v) is 3.68. The fourth-order valence-corrected chi connectivity index (χ4v) is 2.41. The van der Waals surface area contributed by atoms with Crippen LogP contribution in [0.1, 0.15) is 11.1 Å². The molecule has 0 radical (unpaired) electrons. The van der Waals surface area contributed by atoms with Crippen LogP contribution in [0.5, 0.6) is 11.5 Å². The van der Waals surface area contributed by atoms with Gasteiger partial charge in [-0.05, 0) is 24.6 Å². The van der Waals surface area contributed by atoms with Crippen LogP contribution in [0.15, 0.2) is 42.6 Å². The minimum absolute atomic E-state index is 0.199. The third kappa shape index (κ3) is 2.62. The number of phenols is 1. The molecule has 0 unspecified atom stereocenters. The molecule has 0 aliphatic carbocycles. The quantitative estimate of drug-likeness (QED) is 0.768. The number of nitrogens with one attached hydrogen (secondary N) is 1. The zero-order valence-electron chi connectivity index (χ0n) is 12.8. The Morgan fingerprint density at radius 2 is 2.09 bits per heavy atom. The molecule has 0 bridgehead atoms. The Balaban J connectivity index is 2.18. The number of ether oxygens (including phenoxy) is 1. The number of nitriles is 1. The van der Waals surface area contributed by atoms with E-state index in [1.807, 2.05) is 37.3 Å². The zero-order valence-corrected chi connectivity index (χ0v) is 12.8. The van der Waals surface area contributed by atoms with Gasteiger partial charge in [0, 0.05) is 23.3 Å². The Morgan fingerprint density at radius 1 is 1.26 bits per heavy atom. The van der Waals surface area contributed by atoms with Gasteiger partial charge in [0.05, 0.1) is 18.4 Å². The van der Waals surface area contributed by atoms with E-state index >= 15 is 0 Å². The molecule has 23 heavy (non-hydrogen) atoms. The maximum Gasteiger partial charge on any atom is 0.145 e. The van der Waals surface area contributed by atoms with Gasteiger partial charge in [0.25, 0.3) is 0 Å². The summed E-state index contributed by atoms with van der Waals surface area (Å²) >= 11 is 0. The van der Waals surface area contributed by atoms with E-state index in [0.29, 0.717) is 28.2 Å². The van der Waals surface area contributed by atoms with E-state index in [1.165, 1.54) is 6.20 Å². The number of anilines is 2. The van der Waals surface area contributed by atoms with Crippen LogP contribution in [-0.4, -0.2) is 17.2 Å². The number of hydrogen-bond donors (Lipinski definition) is 2. The maximum absolute atomic E-state index is 9.86. The smallest absolute Gasteiger partial charge is 0.145 e. The summed E-state index contributed by atoms with van der Waals surface area (Å²) in [7, 11) is 1.58. The lowest BCUT2D eigenvalue weighted by Crippen LogP contribution is -1.98. The standard InChI is InChI=1S/C18H15N3O2/c1-11-6-7-13(8-15(11)22)21-17-12(9-19)10-20-18-14(17)4-3-5-16(18)23-2/h3-8,10,22H,1-2H3,(H,20,21). The summed E-state index contributed by atoms with van der Waals surface area (Å²) in [5.74, 6) is 0.839. The van der Waals surface area contributed by atoms with Crippen molar-refractivity contribution >= 4 is 22.3 Å². The number of fused-ring (bicyclic) bond motifs is 1. The Morgan fingerprint density at radius 3 is 2.78 bits per heavy atom. The van der Waals surface area contributed by atoms with Gasteiger partial charge in [-0.25, -0.2) is 0 Å². The minimum Gasteiger partial charge on any atom is -0.508 e. The first-order valence-corrected chi connectivity index (χ1v) is 7.06. The first-order valence-electron chi connectivity index (χ1n) is 7.06. The molecule has 0 fully saturated rings. The molecule has 2 N–H and O–H groups in total. The van der Waals surface area contributed by atoms with Gasteiger partial charge in [0.2, 0.25) is 0 Å². The van der Waals surface area contributed by atoms with E-state index in [4.69, 9.17) is 4.74 Å². The van der Waals surface area contributed by atoms with Crippen molar-refractivity contribution in [1.29, 1.82) is 5.26 Å². The number of pyridine rings is 1. The molecule has 2 aromatic carbocycles. The number of phenolic OH excluding ortho intramolecular Hbond substituents is 1. The van der Waals surface area contributed by atoms with Crippen molar-refractivity contribution in [3.63, 3.8) is 0 Å². The highest BCUT2D eigenvalue weighted by Gasteiger charge is 2.12. The topological polar surface area (TPSA) is 78.2 Å². The van der Waals surface area contributed by atoms with E-state index in [-0.39, 0.29) is 5.75 Å². The van der Waals surface area contributed by atoms with E-state index in [0.717, 1.165) is 10.9 Å². The zero-order chi connectivity index (χ0) is 16.4. The maximum atomic E-state index is 9.86. The minimum atomic E-state index is 0.199. The summed E-state index contributed by atoms with van der Waals surface area (Å²) in [4.78, 5) is 4.32. The number of nitrogens with zero attached hydrogens (tertiary/aromatic N) is 2. The summed E-state index contributed by atoms with van der Waals surface area (Å²) in [6.07, 6.45) is 1.52. The molecule has 0 aliphatic heterocycles. The number of rotatable bonds is 3. The van der Waals surface area contributed by atoms with E-state index in [9.17, 15) is 10.4 Å². The van der Waals surface area contributed by atoms with Crippen molar-refractivity contribution in [2.45, 2.75) is 6.92 Å². The van der Waals surface area contributed by atoms with Gasteiger partial charge in [0.15, 0.2) is 0 Å². The van der Waals surface area contributed by atoms with Gasteiger partial charge in [-0.3, -0.25) is 4.98 Å². The van der Waals surface area contributed by atoms with E-state index in [1.54, 1.807) is 13.2 Å².